The number of amides is 1. The lowest BCUT2D eigenvalue weighted by Crippen LogP contribution is -2.47. The van der Waals surface area contributed by atoms with Crippen molar-refractivity contribution in [2.75, 3.05) is 5.32 Å². The standard InChI is InChI=1S/C16H20F5NO3Si/c1-14(2,3)26(4,5)25-12(23)10-8-6-7-9-11(10)22-13(24)15(17,18)16(19,20)21/h6-9H,1-5H3,(H,22,24). The Labute approximate surface area is 148 Å². The van der Waals surface area contributed by atoms with Crippen molar-refractivity contribution < 1.29 is 36.0 Å². The van der Waals surface area contributed by atoms with E-state index < -0.39 is 38.0 Å². The van der Waals surface area contributed by atoms with Gasteiger partial charge in [-0.1, -0.05) is 32.9 Å². The van der Waals surface area contributed by atoms with Gasteiger partial charge in [-0.15, -0.1) is 0 Å². The second-order valence-corrected chi connectivity index (χ2v) is 11.9. The molecule has 1 N–H and O–H groups in total. The van der Waals surface area contributed by atoms with Crippen LogP contribution in [0.4, 0.5) is 27.6 Å². The van der Waals surface area contributed by atoms with Crippen molar-refractivity contribution in [1.82, 2.24) is 0 Å². The summed E-state index contributed by atoms with van der Waals surface area (Å²) in [6.07, 6.45) is -6.05. The summed E-state index contributed by atoms with van der Waals surface area (Å²) < 4.78 is 68.7. The van der Waals surface area contributed by atoms with E-state index in [9.17, 15) is 31.5 Å². The van der Waals surface area contributed by atoms with Crippen LogP contribution in [0.5, 0.6) is 0 Å². The van der Waals surface area contributed by atoms with Crippen LogP contribution in [0.3, 0.4) is 0 Å². The van der Waals surface area contributed by atoms with E-state index >= 15 is 0 Å². The normalized spacial score (nSPS) is 13.3. The maximum Gasteiger partial charge on any atom is 0.463 e. The lowest BCUT2D eigenvalue weighted by Gasteiger charge is -2.35. The molecule has 0 aliphatic rings. The van der Waals surface area contributed by atoms with Crippen molar-refractivity contribution in [2.24, 2.45) is 0 Å². The maximum absolute atomic E-state index is 13.1. The fourth-order valence-electron chi connectivity index (χ4n) is 1.54. The molecule has 0 saturated heterocycles. The van der Waals surface area contributed by atoms with Crippen LogP contribution in [0, 0.1) is 0 Å². The van der Waals surface area contributed by atoms with Crippen molar-refractivity contribution in [3.05, 3.63) is 29.8 Å². The summed E-state index contributed by atoms with van der Waals surface area (Å²) >= 11 is 0. The first-order chi connectivity index (χ1) is 11.5. The molecule has 0 heterocycles. The molecule has 0 saturated carbocycles. The van der Waals surface area contributed by atoms with Crippen molar-refractivity contribution in [1.29, 1.82) is 0 Å². The molecular formula is C16H20F5NO3Si. The first kappa shape index (κ1) is 22.1. The fraction of sp³-hybridized carbons (Fsp3) is 0.500. The third-order valence-corrected chi connectivity index (χ3v) is 8.50. The monoisotopic (exact) mass is 397 g/mol. The number of para-hydroxylation sites is 1. The van der Waals surface area contributed by atoms with Crippen LogP contribution >= 0.6 is 0 Å². The molecule has 0 fully saturated rings. The zero-order valence-electron chi connectivity index (χ0n) is 14.9. The molecule has 0 radical (unpaired) electrons. The van der Waals surface area contributed by atoms with Gasteiger partial charge in [0.15, 0.2) is 0 Å². The van der Waals surface area contributed by atoms with E-state index in [4.69, 9.17) is 4.43 Å². The Kier molecular flexibility index (Phi) is 5.92. The van der Waals surface area contributed by atoms with Crippen LogP contribution in [-0.2, 0) is 9.22 Å². The molecule has 0 aromatic heterocycles. The summed E-state index contributed by atoms with van der Waals surface area (Å²) in [5.41, 5.74) is -0.784. The van der Waals surface area contributed by atoms with Crippen LogP contribution in [0.2, 0.25) is 18.1 Å². The summed E-state index contributed by atoms with van der Waals surface area (Å²) in [6, 6.07) is 4.88. The molecular weight excluding hydrogens is 377 g/mol. The van der Waals surface area contributed by atoms with Gasteiger partial charge in [-0.05, 0) is 30.3 Å². The molecule has 146 valence electrons. The molecule has 1 aromatic carbocycles. The van der Waals surface area contributed by atoms with E-state index in [2.05, 4.69) is 0 Å². The summed E-state index contributed by atoms with van der Waals surface area (Å²) in [7, 11) is -2.57. The molecule has 0 atom stereocenters. The fourth-order valence-corrected chi connectivity index (χ4v) is 2.42. The van der Waals surface area contributed by atoms with Gasteiger partial charge in [0.2, 0.25) is 0 Å². The predicted octanol–water partition coefficient (Wildman–Crippen LogP) is 4.98. The van der Waals surface area contributed by atoms with Gasteiger partial charge in [0.1, 0.15) is 0 Å². The van der Waals surface area contributed by atoms with Gasteiger partial charge in [-0.2, -0.15) is 22.0 Å². The van der Waals surface area contributed by atoms with E-state index in [1.807, 2.05) is 20.8 Å². The van der Waals surface area contributed by atoms with Gasteiger partial charge in [-0.3, -0.25) is 4.79 Å². The minimum absolute atomic E-state index is 0.302. The molecule has 1 amide bonds. The number of rotatable bonds is 4. The lowest BCUT2D eigenvalue weighted by molar-refractivity contribution is -0.267. The average Bonchev–Trinajstić information content (AvgIpc) is 2.44. The molecule has 1 aromatic rings. The van der Waals surface area contributed by atoms with Gasteiger partial charge in [0, 0.05) is 0 Å². The number of alkyl halides is 5. The predicted molar refractivity (Wildman–Crippen MR) is 88.7 cm³/mol. The quantitative estimate of drug-likeness (QED) is 0.576. The Morgan fingerprint density at radius 2 is 1.50 bits per heavy atom. The highest BCUT2D eigenvalue weighted by Crippen LogP contribution is 2.38. The zero-order valence-corrected chi connectivity index (χ0v) is 15.9. The van der Waals surface area contributed by atoms with Crippen LogP contribution in [-0.4, -0.2) is 32.3 Å². The SMILES string of the molecule is CC(C)(C)[Si](C)(C)OC(=O)c1ccccc1NC(=O)C(F)(F)C(F)(F)F. The third-order valence-electron chi connectivity index (χ3n) is 4.19. The first-order valence-electron chi connectivity index (χ1n) is 7.59. The van der Waals surface area contributed by atoms with E-state index in [1.54, 1.807) is 13.1 Å². The molecule has 1 rings (SSSR count). The van der Waals surface area contributed by atoms with E-state index in [-0.39, 0.29) is 10.6 Å². The highest BCUT2D eigenvalue weighted by molar-refractivity contribution is 6.75. The number of carbonyl (C=O) groups is 2. The van der Waals surface area contributed by atoms with Gasteiger partial charge in [0.05, 0.1) is 11.3 Å². The van der Waals surface area contributed by atoms with Gasteiger partial charge in [0.25, 0.3) is 8.32 Å². The van der Waals surface area contributed by atoms with Crippen molar-refractivity contribution in [3.63, 3.8) is 0 Å². The molecule has 0 unspecified atom stereocenters. The minimum Gasteiger partial charge on any atom is -0.516 e. The summed E-state index contributed by atoms with van der Waals surface area (Å²) in [6.45, 7) is 9.13. The zero-order chi connectivity index (χ0) is 20.6. The number of nitrogens with one attached hydrogen (secondary N) is 1. The van der Waals surface area contributed by atoms with Crippen LogP contribution in [0.25, 0.3) is 0 Å². The Balaban J connectivity index is 3.13. The number of halogens is 5. The van der Waals surface area contributed by atoms with Gasteiger partial charge >= 0.3 is 24.0 Å². The Morgan fingerprint density at radius 1 is 1.00 bits per heavy atom. The molecule has 0 spiro atoms. The van der Waals surface area contributed by atoms with E-state index in [1.165, 1.54) is 23.5 Å². The van der Waals surface area contributed by atoms with E-state index in [0.717, 1.165) is 6.07 Å². The number of carbonyl (C=O) groups excluding carboxylic acids is 2. The molecule has 26 heavy (non-hydrogen) atoms. The molecule has 0 bridgehead atoms. The largest absolute Gasteiger partial charge is 0.516 e. The topological polar surface area (TPSA) is 55.4 Å². The highest BCUT2D eigenvalue weighted by Gasteiger charge is 2.63. The first-order valence-corrected chi connectivity index (χ1v) is 10.5. The number of hydrogen-bond acceptors (Lipinski definition) is 3. The smallest absolute Gasteiger partial charge is 0.463 e. The molecule has 0 aliphatic carbocycles. The summed E-state index contributed by atoms with van der Waals surface area (Å²) in [5, 5.41) is 1.13. The third kappa shape index (κ3) is 4.60. The summed E-state index contributed by atoms with van der Waals surface area (Å²) in [4.78, 5) is 23.8. The lowest BCUT2D eigenvalue weighted by atomic mass is 10.1. The van der Waals surface area contributed by atoms with E-state index in [0.29, 0.717) is 0 Å². The second kappa shape index (κ2) is 6.97. The van der Waals surface area contributed by atoms with Crippen molar-refractivity contribution in [2.45, 2.75) is 51.0 Å². The highest BCUT2D eigenvalue weighted by atomic mass is 28.4. The minimum atomic E-state index is -6.05. The van der Waals surface area contributed by atoms with Crippen LogP contribution < -0.4 is 5.32 Å². The molecule has 10 heteroatoms. The van der Waals surface area contributed by atoms with Gasteiger partial charge < -0.3 is 9.74 Å². The Morgan fingerprint density at radius 3 is 1.96 bits per heavy atom. The van der Waals surface area contributed by atoms with Crippen LogP contribution in [0.1, 0.15) is 31.1 Å². The van der Waals surface area contributed by atoms with Crippen molar-refractivity contribution in [3.8, 4) is 0 Å². The molecule has 0 aliphatic heterocycles. The number of hydrogen-bond donors (Lipinski definition) is 1. The maximum atomic E-state index is 13.1. The Hall–Kier alpha value is -1.97. The molecule has 4 nitrogen and oxygen atoms in total. The van der Waals surface area contributed by atoms with Gasteiger partial charge in [-0.25, -0.2) is 4.79 Å². The number of benzene rings is 1. The average molecular weight is 397 g/mol. The van der Waals surface area contributed by atoms with Crippen molar-refractivity contribution >= 4 is 25.9 Å². The summed E-state index contributed by atoms with van der Waals surface area (Å²) in [5.74, 6) is -9.07. The second-order valence-electron chi connectivity index (χ2n) is 7.22. The van der Waals surface area contributed by atoms with Crippen LogP contribution in [0.15, 0.2) is 24.3 Å². The number of anilines is 1. The Bertz CT molecular complexity index is 696.